The SMILES string of the molecule is Cc1cc(C(C)(C)C)ccc1OC[C@@H](O)CN1CCCC[C@H]1CO. The molecule has 136 valence electrons. The van der Waals surface area contributed by atoms with Crippen molar-refractivity contribution in [2.75, 3.05) is 26.3 Å². The number of hydrogen-bond donors (Lipinski definition) is 2. The molecule has 2 atom stereocenters. The van der Waals surface area contributed by atoms with Gasteiger partial charge in [-0.1, -0.05) is 39.3 Å². The van der Waals surface area contributed by atoms with Crippen LogP contribution in [0.25, 0.3) is 0 Å². The van der Waals surface area contributed by atoms with Crippen LogP contribution in [0.3, 0.4) is 0 Å². The van der Waals surface area contributed by atoms with Gasteiger partial charge in [0.15, 0.2) is 0 Å². The molecule has 1 aliphatic heterocycles. The fourth-order valence-corrected chi connectivity index (χ4v) is 3.29. The van der Waals surface area contributed by atoms with Gasteiger partial charge in [0.25, 0.3) is 0 Å². The number of likely N-dealkylation sites (tertiary alicyclic amines) is 1. The monoisotopic (exact) mass is 335 g/mol. The van der Waals surface area contributed by atoms with Gasteiger partial charge in [0.1, 0.15) is 18.5 Å². The molecule has 1 saturated heterocycles. The zero-order valence-corrected chi connectivity index (χ0v) is 15.6. The molecule has 0 amide bonds. The van der Waals surface area contributed by atoms with E-state index in [0.717, 1.165) is 37.1 Å². The first-order valence-electron chi connectivity index (χ1n) is 9.08. The largest absolute Gasteiger partial charge is 0.491 e. The van der Waals surface area contributed by atoms with E-state index < -0.39 is 6.10 Å². The van der Waals surface area contributed by atoms with Crippen molar-refractivity contribution in [3.05, 3.63) is 29.3 Å². The molecule has 24 heavy (non-hydrogen) atoms. The summed E-state index contributed by atoms with van der Waals surface area (Å²) >= 11 is 0. The van der Waals surface area contributed by atoms with Crippen LogP contribution in [-0.2, 0) is 5.41 Å². The number of aliphatic hydroxyl groups is 2. The predicted octanol–water partition coefficient (Wildman–Crippen LogP) is 2.88. The summed E-state index contributed by atoms with van der Waals surface area (Å²) in [5.74, 6) is 0.833. The minimum Gasteiger partial charge on any atom is -0.491 e. The first-order chi connectivity index (χ1) is 11.3. The van der Waals surface area contributed by atoms with Crippen LogP contribution in [0, 0.1) is 6.92 Å². The first kappa shape index (κ1) is 19.2. The van der Waals surface area contributed by atoms with Gasteiger partial charge in [0.2, 0.25) is 0 Å². The van der Waals surface area contributed by atoms with Crippen LogP contribution in [0.1, 0.15) is 51.2 Å². The van der Waals surface area contributed by atoms with E-state index in [1.165, 1.54) is 5.56 Å². The Kier molecular flexibility index (Phi) is 6.67. The summed E-state index contributed by atoms with van der Waals surface area (Å²) in [6.45, 7) is 10.6. The van der Waals surface area contributed by atoms with Crippen molar-refractivity contribution in [2.24, 2.45) is 0 Å². The molecule has 1 heterocycles. The molecule has 4 nitrogen and oxygen atoms in total. The van der Waals surface area contributed by atoms with Crippen molar-refractivity contribution in [1.29, 1.82) is 0 Å². The number of hydrogen-bond acceptors (Lipinski definition) is 4. The summed E-state index contributed by atoms with van der Waals surface area (Å²) in [7, 11) is 0. The molecule has 2 N–H and O–H groups in total. The minimum atomic E-state index is -0.543. The number of benzene rings is 1. The van der Waals surface area contributed by atoms with Crippen molar-refractivity contribution < 1.29 is 14.9 Å². The zero-order chi connectivity index (χ0) is 17.7. The third-order valence-electron chi connectivity index (χ3n) is 4.88. The van der Waals surface area contributed by atoms with E-state index in [2.05, 4.69) is 37.8 Å². The Balaban J connectivity index is 1.88. The number of aliphatic hydroxyl groups excluding tert-OH is 2. The topological polar surface area (TPSA) is 52.9 Å². The van der Waals surface area contributed by atoms with Crippen molar-refractivity contribution in [1.82, 2.24) is 4.90 Å². The number of aryl methyl sites for hydroxylation is 1. The van der Waals surface area contributed by atoms with Crippen LogP contribution in [0.2, 0.25) is 0 Å². The van der Waals surface area contributed by atoms with Crippen LogP contribution in [0.5, 0.6) is 5.75 Å². The van der Waals surface area contributed by atoms with Gasteiger partial charge in [-0.15, -0.1) is 0 Å². The number of nitrogens with zero attached hydrogens (tertiary/aromatic N) is 1. The highest BCUT2D eigenvalue weighted by molar-refractivity contribution is 5.38. The Bertz CT molecular complexity index is 524. The summed E-state index contributed by atoms with van der Waals surface area (Å²) < 4.78 is 5.84. The van der Waals surface area contributed by atoms with E-state index in [0.29, 0.717) is 6.54 Å². The van der Waals surface area contributed by atoms with Gasteiger partial charge in [-0.3, -0.25) is 4.90 Å². The Morgan fingerprint density at radius 3 is 2.67 bits per heavy atom. The second-order valence-electron chi connectivity index (χ2n) is 8.02. The van der Waals surface area contributed by atoms with Crippen molar-refractivity contribution >= 4 is 0 Å². The molecule has 4 heteroatoms. The summed E-state index contributed by atoms with van der Waals surface area (Å²) in [5, 5.41) is 19.8. The molecule has 0 unspecified atom stereocenters. The summed E-state index contributed by atoms with van der Waals surface area (Å²) in [6.07, 6.45) is 2.77. The number of piperidine rings is 1. The standard InChI is InChI=1S/C20H33NO3/c1-15-11-16(20(2,3)4)8-9-19(15)24-14-18(23)12-21-10-6-5-7-17(21)13-22/h8-9,11,17-18,22-23H,5-7,10,12-14H2,1-4H3/t17-,18-/m0/s1. The highest BCUT2D eigenvalue weighted by atomic mass is 16.5. The number of β-amino-alcohol motifs (C(OH)–C–C–N with tert-alkyl or cyclic N) is 1. The minimum absolute atomic E-state index is 0.121. The maximum atomic E-state index is 10.3. The summed E-state index contributed by atoms with van der Waals surface area (Å²) in [6, 6.07) is 6.44. The second-order valence-corrected chi connectivity index (χ2v) is 8.02. The van der Waals surface area contributed by atoms with E-state index in [1.54, 1.807) is 0 Å². The average Bonchev–Trinajstić information content (AvgIpc) is 2.53. The lowest BCUT2D eigenvalue weighted by Gasteiger charge is -2.35. The summed E-state index contributed by atoms with van der Waals surface area (Å²) in [5.41, 5.74) is 2.50. The molecule has 0 spiro atoms. The van der Waals surface area contributed by atoms with Gasteiger partial charge in [0, 0.05) is 12.6 Å². The van der Waals surface area contributed by atoms with E-state index >= 15 is 0 Å². The zero-order valence-electron chi connectivity index (χ0n) is 15.6. The van der Waals surface area contributed by atoms with Gasteiger partial charge < -0.3 is 14.9 Å². The molecule has 0 bridgehead atoms. The fourth-order valence-electron chi connectivity index (χ4n) is 3.29. The van der Waals surface area contributed by atoms with Gasteiger partial charge in [-0.2, -0.15) is 0 Å². The van der Waals surface area contributed by atoms with Crippen molar-refractivity contribution in [3.63, 3.8) is 0 Å². The summed E-state index contributed by atoms with van der Waals surface area (Å²) in [4.78, 5) is 2.19. The van der Waals surface area contributed by atoms with E-state index in [9.17, 15) is 10.2 Å². The molecular formula is C20H33NO3. The average molecular weight is 335 g/mol. The first-order valence-corrected chi connectivity index (χ1v) is 9.08. The molecule has 1 aromatic carbocycles. The highest BCUT2D eigenvalue weighted by Gasteiger charge is 2.24. The lowest BCUT2D eigenvalue weighted by atomic mass is 9.86. The van der Waals surface area contributed by atoms with Gasteiger partial charge in [0.05, 0.1) is 6.61 Å². The van der Waals surface area contributed by atoms with E-state index in [4.69, 9.17) is 4.74 Å². The fraction of sp³-hybridized carbons (Fsp3) is 0.700. The molecule has 0 aromatic heterocycles. The van der Waals surface area contributed by atoms with Crippen LogP contribution < -0.4 is 4.74 Å². The van der Waals surface area contributed by atoms with E-state index in [-0.39, 0.29) is 24.7 Å². The second kappa shape index (κ2) is 8.32. The van der Waals surface area contributed by atoms with Crippen LogP contribution >= 0.6 is 0 Å². The van der Waals surface area contributed by atoms with Crippen LogP contribution in [-0.4, -0.2) is 53.6 Å². The van der Waals surface area contributed by atoms with Crippen molar-refractivity contribution in [2.45, 2.75) is 64.5 Å². The quantitative estimate of drug-likeness (QED) is 0.839. The number of ether oxygens (including phenoxy) is 1. The molecule has 1 fully saturated rings. The molecule has 1 aliphatic rings. The molecule has 0 saturated carbocycles. The smallest absolute Gasteiger partial charge is 0.122 e. The van der Waals surface area contributed by atoms with Gasteiger partial charge >= 0.3 is 0 Å². The molecule has 2 rings (SSSR count). The number of rotatable bonds is 6. The molecule has 0 radical (unpaired) electrons. The highest BCUT2D eigenvalue weighted by Crippen LogP contribution is 2.27. The van der Waals surface area contributed by atoms with Crippen molar-refractivity contribution in [3.8, 4) is 5.75 Å². The van der Waals surface area contributed by atoms with Gasteiger partial charge in [-0.05, 0) is 48.9 Å². The Morgan fingerprint density at radius 2 is 2.04 bits per heavy atom. The Morgan fingerprint density at radius 1 is 1.29 bits per heavy atom. The van der Waals surface area contributed by atoms with Crippen LogP contribution in [0.15, 0.2) is 18.2 Å². The maximum Gasteiger partial charge on any atom is 0.122 e. The molecular weight excluding hydrogens is 302 g/mol. The van der Waals surface area contributed by atoms with E-state index in [1.807, 2.05) is 13.0 Å². The van der Waals surface area contributed by atoms with Crippen LogP contribution in [0.4, 0.5) is 0 Å². The molecule has 1 aromatic rings. The Hall–Kier alpha value is -1.10. The van der Waals surface area contributed by atoms with Gasteiger partial charge in [-0.25, -0.2) is 0 Å². The third kappa shape index (κ3) is 5.20. The molecule has 0 aliphatic carbocycles. The predicted molar refractivity (Wildman–Crippen MR) is 97.7 cm³/mol. The lowest BCUT2D eigenvalue weighted by molar-refractivity contribution is 0.0231. The maximum absolute atomic E-state index is 10.3. The Labute approximate surface area is 146 Å². The third-order valence-corrected chi connectivity index (χ3v) is 4.88. The normalized spacial score (nSPS) is 20.8. The lowest BCUT2D eigenvalue weighted by Crippen LogP contribution is -2.46.